The van der Waals surface area contributed by atoms with Crippen LogP contribution < -0.4 is 15.8 Å². The minimum atomic E-state index is -5.03. The Balaban J connectivity index is 2.93. The van der Waals surface area contributed by atoms with Gasteiger partial charge >= 0.3 is 12.1 Å². The van der Waals surface area contributed by atoms with Gasteiger partial charge in [0.25, 0.3) is 0 Å². The van der Waals surface area contributed by atoms with Crippen molar-refractivity contribution in [1.29, 1.82) is 0 Å². The number of ether oxygens (including phenoxy) is 1. The average molecular weight is 290 g/mol. The second-order valence-corrected chi connectivity index (χ2v) is 3.97. The van der Waals surface area contributed by atoms with Crippen LogP contribution in [0.5, 0.6) is 5.75 Å². The van der Waals surface area contributed by atoms with Gasteiger partial charge in [0.15, 0.2) is 0 Å². The van der Waals surface area contributed by atoms with Crippen LogP contribution in [0.15, 0.2) is 24.3 Å². The summed E-state index contributed by atoms with van der Waals surface area (Å²) in [7, 11) is 1.43. The second-order valence-electron chi connectivity index (χ2n) is 3.97. The summed E-state index contributed by atoms with van der Waals surface area (Å²) in [5, 5.41) is 1.74. The summed E-state index contributed by atoms with van der Waals surface area (Å²) in [6.07, 6.45) is -5.46. The minimum absolute atomic E-state index is 0.321. The van der Waals surface area contributed by atoms with E-state index in [0.29, 0.717) is 11.3 Å². The highest BCUT2D eigenvalue weighted by atomic mass is 19.4. The van der Waals surface area contributed by atoms with Crippen LogP contribution in [-0.2, 0) is 9.59 Å². The van der Waals surface area contributed by atoms with E-state index < -0.39 is 30.5 Å². The fourth-order valence-corrected chi connectivity index (χ4v) is 1.53. The van der Waals surface area contributed by atoms with Crippen molar-refractivity contribution >= 4 is 11.8 Å². The molecular weight excluding hydrogens is 277 g/mol. The number of primary amides is 1. The maximum absolute atomic E-state index is 12.2. The first kappa shape index (κ1) is 15.8. The van der Waals surface area contributed by atoms with E-state index in [2.05, 4.69) is 0 Å². The number of halogens is 3. The van der Waals surface area contributed by atoms with Gasteiger partial charge in [-0.2, -0.15) is 13.2 Å². The summed E-state index contributed by atoms with van der Waals surface area (Å²) in [4.78, 5) is 21.8. The molecule has 1 atom stereocenters. The van der Waals surface area contributed by atoms with E-state index >= 15 is 0 Å². The fraction of sp³-hybridized carbons (Fsp3) is 0.333. The molecule has 0 aliphatic carbocycles. The van der Waals surface area contributed by atoms with Crippen molar-refractivity contribution in [2.24, 2.45) is 5.73 Å². The summed E-state index contributed by atoms with van der Waals surface area (Å²) >= 11 is 0. The summed E-state index contributed by atoms with van der Waals surface area (Å²) in [6.45, 7) is 0. The first-order valence-corrected chi connectivity index (χ1v) is 5.54. The van der Waals surface area contributed by atoms with Crippen molar-refractivity contribution in [1.82, 2.24) is 5.32 Å². The van der Waals surface area contributed by atoms with Gasteiger partial charge in [-0.1, -0.05) is 12.1 Å². The highest BCUT2D eigenvalue weighted by Gasteiger charge is 2.40. The first-order valence-electron chi connectivity index (χ1n) is 5.54. The van der Waals surface area contributed by atoms with Crippen LogP contribution in [-0.4, -0.2) is 25.1 Å². The normalized spacial score (nSPS) is 12.6. The number of hydrogen-bond donors (Lipinski definition) is 2. The molecule has 0 radical (unpaired) electrons. The number of nitrogens with one attached hydrogen (secondary N) is 1. The molecular formula is C12H13F3N2O3. The molecule has 1 aromatic carbocycles. The quantitative estimate of drug-likeness (QED) is 0.857. The number of carbonyl (C=O) groups is 2. The second kappa shape index (κ2) is 6.27. The number of benzene rings is 1. The van der Waals surface area contributed by atoms with Crippen LogP contribution in [0.25, 0.3) is 0 Å². The van der Waals surface area contributed by atoms with Crippen molar-refractivity contribution in [3.63, 3.8) is 0 Å². The van der Waals surface area contributed by atoms with Crippen molar-refractivity contribution in [2.75, 3.05) is 7.11 Å². The molecule has 2 amide bonds. The van der Waals surface area contributed by atoms with E-state index in [0.717, 1.165) is 0 Å². The smallest absolute Gasteiger partial charge is 0.471 e. The van der Waals surface area contributed by atoms with E-state index in [1.165, 1.54) is 31.4 Å². The van der Waals surface area contributed by atoms with Crippen LogP contribution in [0.2, 0.25) is 0 Å². The number of alkyl halides is 3. The highest BCUT2D eigenvalue weighted by Crippen LogP contribution is 2.23. The molecule has 5 nitrogen and oxygen atoms in total. The number of methoxy groups -OCH3 is 1. The van der Waals surface area contributed by atoms with Crippen LogP contribution in [0, 0.1) is 0 Å². The molecule has 1 unspecified atom stereocenters. The number of carbonyl (C=O) groups excluding carboxylic acids is 2. The maximum atomic E-state index is 12.2. The lowest BCUT2D eigenvalue weighted by atomic mass is 10.0. The van der Waals surface area contributed by atoms with Gasteiger partial charge in [-0.25, -0.2) is 0 Å². The van der Waals surface area contributed by atoms with Crippen molar-refractivity contribution in [3.05, 3.63) is 29.8 Å². The number of rotatable bonds is 5. The Morgan fingerprint density at radius 1 is 1.30 bits per heavy atom. The molecule has 20 heavy (non-hydrogen) atoms. The van der Waals surface area contributed by atoms with Gasteiger partial charge < -0.3 is 15.8 Å². The molecule has 0 aliphatic rings. The number of hydrogen-bond acceptors (Lipinski definition) is 3. The van der Waals surface area contributed by atoms with Gasteiger partial charge in [-0.15, -0.1) is 0 Å². The van der Waals surface area contributed by atoms with Crippen molar-refractivity contribution in [3.8, 4) is 5.75 Å². The Kier molecular flexibility index (Phi) is 4.95. The maximum Gasteiger partial charge on any atom is 0.471 e. The molecule has 1 aromatic rings. The molecule has 0 spiro atoms. The van der Waals surface area contributed by atoms with Crippen LogP contribution in [0.1, 0.15) is 18.0 Å². The van der Waals surface area contributed by atoms with Gasteiger partial charge in [-0.3, -0.25) is 9.59 Å². The lowest BCUT2D eigenvalue weighted by Crippen LogP contribution is -2.40. The summed E-state index contributed by atoms with van der Waals surface area (Å²) in [6, 6.07) is 4.76. The van der Waals surface area contributed by atoms with Crippen LogP contribution >= 0.6 is 0 Å². The van der Waals surface area contributed by atoms with Gasteiger partial charge in [0.2, 0.25) is 5.91 Å². The summed E-state index contributed by atoms with van der Waals surface area (Å²) in [5.74, 6) is -2.46. The number of amides is 2. The molecule has 0 aliphatic heterocycles. The van der Waals surface area contributed by atoms with Crippen molar-refractivity contribution in [2.45, 2.75) is 18.6 Å². The Morgan fingerprint density at radius 3 is 2.25 bits per heavy atom. The Bertz CT molecular complexity index is 486. The predicted molar refractivity (Wildman–Crippen MR) is 63.7 cm³/mol. The molecule has 0 aromatic heterocycles. The highest BCUT2D eigenvalue weighted by molar-refractivity contribution is 5.83. The van der Waals surface area contributed by atoms with Crippen LogP contribution in [0.4, 0.5) is 13.2 Å². The fourth-order valence-electron chi connectivity index (χ4n) is 1.53. The van der Waals surface area contributed by atoms with Gasteiger partial charge in [0.05, 0.1) is 19.6 Å². The van der Waals surface area contributed by atoms with E-state index in [-0.39, 0.29) is 0 Å². The topological polar surface area (TPSA) is 81.4 Å². The average Bonchev–Trinajstić information content (AvgIpc) is 2.36. The van der Waals surface area contributed by atoms with Gasteiger partial charge in [0.1, 0.15) is 5.75 Å². The first-order chi connectivity index (χ1) is 9.24. The van der Waals surface area contributed by atoms with E-state index in [1.807, 2.05) is 0 Å². The molecule has 0 saturated carbocycles. The molecule has 0 bridgehead atoms. The lowest BCUT2D eigenvalue weighted by molar-refractivity contribution is -0.174. The van der Waals surface area contributed by atoms with E-state index in [1.54, 1.807) is 5.32 Å². The summed E-state index contributed by atoms with van der Waals surface area (Å²) < 4.78 is 41.6. The molecule has 0 heterocycles. The largest absolute Gasteiger partial charge is 0.497 e. The zero-order valence-corrected chi connectivity index (χ0v) is 10.5. The molecule has 0 fully saturated rings. The molecule has 110 valence electrons. The lowest BCUT2D eigenvalue weighted by Gasteiger charge is -2.19. The molecule has 3 N–H and O–H groups in total. The summed E-state index contributed by atoms with van der Waals surface area (Å²) in [5.41, 5.74) is 5.30. The Morgan fingerprint density at radius 2 is 1.85 bits per heavy atom. The standard InChI is InChI=1S/C12H13F3N2O3/c1-20-8-4-2-7(3-5-8)9(6-10(16)18)17-11(19)12(13,14)15/h2-5,9H,6H2,1H3,(H2,16,18)(H,17,19). The SMILES string of the molecule is COc1ccc(C(CC(N)=O)NC(=O)C(F)(F)F)cc1. The van der Waals surface area contributed by atoms with E-state index in [9.17, 15) is 22.8 Å². The molecule has 1 rings (SSSR count). The Hall–Kier alpha value is -2.25. The number of nitrogens with two attached hydrogens (primary N) is 1. The minimum Gasteiger partial charge on any atom is -0.497 e. The monoisotopic (exact) mass is 290 g/mol. The van der Waals surface area contributed by atoms with E-state index in [4.69, 9.17) is 10.5 Å². The van der Waals surface area contributed by atoms with Crippen molar-refractivity contribution < 1.29 is 27.5 Å². The zero-order valence-electron chi connectivity index (χ0n) is 10.5. The zero-order chi connectivity index (χ0) is 15.3. The third kappa shape index (κ3) is 4.45. The van der Waals surface area contributed by atoms with Crippen LogP contribution in [0.3, 0.4) is 0 Å². The molecule has 0 saturated heterocycles. The van der Waals surface area contributed by atoms with Gasteiger partial charge in [-0.05, 0) is 17.7 Å². The predicted octanol–water partition coefficient (Wildman–Crippen LogP) is 1.29. The third-order valence-corrected chi connectivity index (χ3v) is 2.49. The third-order valence-electron chi connectivity index (χ3n) is 2.49. The Labute approximate surface area is 112 Å². The molecule has 8 heteroatoms. The van der Waals surface area contributed by atoms with Gasteiger partial charge in [0, 0.05) is 0 Å².